The molecule has 1 atom stereocenters. The standard InChI is InChI=1S/C19H21F2N5O2/c1-11-7-12(5-6-15(11)28-17(20)21)19(16(27)26(4)18(22)24-19)13-8-14(25(2)3)10-23-9-13/h5-10,17H,1-4H3,(H2,22,24). The van der Waals surface area contributed by atoms with E-state index in [1.54, 1.807) is 37.5 Å². The normalized spacial score (nSPS) is 19.2. The summed E-state index contributed by atoms with van der Waals surface area (Å²) >= 11 is 0. The molecule has 0 aliphatic carbocycles. The second kappa shape index (κ2) is 7.06. The van der Waals surface area contributed by atoms with Gasteiger partial charge in [-0.2, -0.15) is 8.78 Å². The number of guanidine groups is 1. The molecule has 7 nitrogen and oxygen atoms in total. The summed E-state index contributed by atoms with van der Waals surface area (Å²) in [7, 11) is 5.25. The summed E-state index contributed by atoms with van der Waals surface area (Å²) in [5.74, 6) is -0.264. The lowest BCUT2D eigenvalue weighted by Crippen LogP contribution is -2.41. The van der Waals surface area contributed by atoms with Crippen molar-refractivity contribution in [3.05, 3.63) is 53.3 Å². The molecular formula is C19H21F2N5O2. The lowest BCUT2D eigenvalue weighted by molar-refractivity contribution is -0.129. The summed E-state index contributed by atoms with van der Waals surface area (Å²) < 4.78 is 29.7. The third kappa shape index (κ3) is 3.12. The van der Waals surface area contributed by atoms with Crippen LogP contribution in [0.3, 0.4) is 0 Å². The van der Waals surface area contributed by atoms with Gasteiger partial charge in [0.1, 0.15) is 5.75 Å². The molecule has 0 fully saturated rings. The number of nitrogens with zero attached hydrogens (tertiary/aromatic N) is 4. The monoisotopic (exact) mass is 389 g/mol. The summed E-state index contributed by atoms with van der Waals surface area (Å²) in [5, 5.41) is 0. The minimum atomic E-state index is -2.94. The number of nitrogens with two attached hydrogens (primary N) is 1. The van der Waals surface area contributed by atoms with Crippen molar-refractivity contribution in [3.8, 4) is 5.75 Å². The maximum atomic E-state index is 13.2. The Kier molecular flexibility index (Phi) is 4.93. The van der Waals surface area contributed by atoms with Crippen LogP contribution in [-0.4, -0.2) is 49.5 Å². The molecule has 1 aliphatic rings. The first-order chi connectivity index (χ1) is 13.2. The van der Waals surface area contributed by atoms with Gasteiger partial charge in [0.15, 0.2) is 11.5 Å². The van der Waals surface area contributed by atoms with Crippen LogP contribution in [0.15, 0.2) is 41.7 Å². The van der Waals surface area contributed by atoms with E-state index < -0.39 is 12.2 Å². The predicted molar refractivity (Wildman–Crippen MR) is 102 cm³/mol. The lowest BCUT2D eigenvalue weighted by Gasteiger charge is -2.27. The fourth-order valence-electron chi connectivity index (χ4n) is 3.16. The van der Waals surface area contributed by atoms with Gasteiger partial charge in [0.25, 0.3) is 5.91 Å². The van der Waals surface area contributed by atoms with Gasteiger partial charge < -0.3 is 15.4 Å². The molecule has 1 aliphatic heterocycles. The third-order valence-corrected chi connectivity index (χ3v) is 4.71. The molecule has 2 N–H and O–H groups in total. The van der Waals surface area contributed by atoms with E-state index in [0.29, 0.717) is 16.7 Å². The van der Waals surface area contributed by atoms with Gasteiger partial charge in [-0.3, -0.25) is 14.7 Å². The van der Waals surface area contributed by atoms with E-state index in [4.69, 9.17) is 5.73 Å². The van der Waals surface area contributed by atoms with E-state index in [9.17, 15) is 13.6 Å². The van der Waals surface area contributed by atoms with Crippen LogP contribution in [0.25, 0.3) is 0 Å². The molecule has 1 aromatic heterocycles. The predicted octanol–water partition coefficient (Wildman–Crippen LogP) is 2.09. The molecular weight excluding hydrogens is 368 g/mol. The van der Waals surface area contributed by atoms with Gasteiger partial charge in [0.2, 0.25) is 0 Å². The van der Waals surface area contributed by atoms with E-state index in [0.717, 1.165) is 5.69 Å². The number of rotatable bonds is 5. The fourth-order valence-corrected chi connectivity index (χ4v) is 3.16. The zero-order valence-electron chi connectivity index (χ0n) is 16.0. The molecule has 1 unspecified atom stereocenters. The Balaban J connectivity index is 2.21. The van der Waals surface area contributed by atoms with Gasteiger partial charge in [-0.1, -0.05) is 6.07 Å². The third-order valence-electron chi connectivity index (χ3n) is 4.71. The van der Waals surface area contributed by atoms with Crippen LogP contribution >= 0.6 is 0 Å². The highest BCUT2D eigenvalue weighted by atomic mass is 19.3. The number of carbonyl (C=O) groups is 1. The minimum Gasteiger partial charge on any atom is -0.435 e. The number of benzene rings is 1. The molecule has 3 rings (SSSR count). The number of aliphatic imine (C=N–C) groups is 1. The van der Waals surface area contributed by atoms with Crippen molar-refractivity contribution >= 4 is 17.6 Å². The van der Waals surface area contributed by atoms with Crippen LogP contribution in [0.1, 0.15) is 16.7 Å². The first-order valence-electron chi connectivity index (χ1n) is 8.49. The molecule has 0 radical (unpaired) electrons. The number of alkyl halides is 2. The van der Waals surface area contributed by atoms with Crippen molar-refractivity contribution in [1.29, 1.82) is 0 Å². The van der Waals surface area contributed by atoms with Gasteiger partial charge >= 0.3 is 6.61 Å². The van der Waals surface area contributed by atoms with Crippen molar-refractivity contribution < 1.29 is 18.3 Å². The van der Waals surface area contributed by atoms with Crippen molar-refractivity contribution in [3.63, 3.8) is 0 Å². The first-order valence-corrected chi connectivity index (χ1v) is 8.49. The van der Waals surface area contributed by atoms with E-state index in [1.165, 1.54) is 18.0 Å². The van der Waals surface area contributed by atoms with E-state index >= 15 is 0 Å². The van der Waals surface area contributed by atoms with Crippen LogP contribution < -0.4 is 15.4 Å². The maximum absolute atomic E-state index is 13.2. The number of amides is 1. The minimum absolute atomic E-state index is 0.0322. The summed E-state index contributed by atoms with van der Waals surface area (Å²) in [6, 6.07) is 6.35. The van der Waals surface area contributed by atoms with Crippen LogP contribution in [-0.2, 0) is 10.3 Å². The van der Waals surface area contributed by atoms with Crippen molar-refractivity contribution in [2.24, 2.45) is 10.7 Å². The van der Waals surface area contributed by atoms with Crippen LogP contribution in [0.2, 0.25) is 0 Å². The number of hydrogen-bond donors (Lipinski definition) is 1. The zero-order valence-corrected chi connectivity index (χ0v) is 16.0. The largest absolute Gasteiger partial charge is 0.435 e. The second-order valence-corrected chi connectivity index (χ2v) is 6.73. The van der Waals surface area contributed by atoms with Gasteiger partial charge in [0.05, 0.1) is 11.9 Å². The van der Waals surface area contributed by atoms with E-state index in [1.807, 2.05) is 19.0 Å². The summed E-state index contributed by atoms with van der Waals surface area (Å²) in [4.78, 5) is 25.1. The molecule has 0 spiro atoms. The number of halogens is 2. The molecule has 0 saturated carbocycles. The second-order valence-electron chi connectivity index (χ2n) is 6.73. The van der Waals surface area contributed by atoms with Gasteiger partial charge in [-0.05, 0) is 36.2 Å². The zero-order chi connectivity index (χ0) is 20.6. The van der Waals surface area contributed by atoms with Crippen molar-refractivity contribution in [1.82, 2.24) is 9.88 Å². The average molecular weight is 389 g/mol. The Labute approximate surface area is 161 Å². The lowest BCUT2D eigenvalue weighted by atomic mass is 9.82. The quantitative estimate of drug-likeness (QED) is 0.847. The number of hydrogen-bond acceptors (Lipinski definition) is 6. The number of carbonyl (C=O) groups excluding carboxylic acids is 1. The molecule has 1 aromatic carbocycles. The van der Waals surface area contributed by atoms with Crippen molar-refractivity contribution in [2.75, 3.05) is 26.0 Å². The highest BCUT2D eigenvalue weighted by Crippen LogP contribution is 2.41. The van der Waals surface area contributed by atoms with Gasteiger partial charge in [-0.25, -0.2) is 4.99 Å². The Hall–Kier alpha value is -3.23. The SMILES string of the molecule is Cc1cc(C2(c3cncc(N(C)C)c3)N=C(N)N(C)C2=O)ccc1OC(F)F. The number of aryl methyl sites for hydroxylation is 1. The van der Waals surface area contributed by atoms with E-state index in [-0.39, 0.29) is 17.6 Å². The number of pyridine rings is 1. The molecule has 9 heteroatoms. The first kappa shape index (κ1) is 19.5. The Morgan fingerprint density at radius 2 is 1.93 bits per heavy atom. The molecule has 2 aromatic rings. The summed E-state index contributed by atoms with van der Waals surface area (Å²) in [6.07, 6.45) is 3.22. The Morgan fingerprint density at radius 3 is 2.46 bits per heavy atom. The molecule has 148 valence electrons. The molecule has 0 saturated heterocycles. The average Bonchev–Trinajstić information content (AvgIpc) is 2.88. The number of aromatic nitrogens is 1. The van der Waals surface area contributed by atoms with Crippen LogP contribution in [0.5, 0.6) is 5.75 Å². The smallest absolute Gasteiger partial charge is 0.387 e. The number of likely N-dealkylation sites (N-methyl/N-ethyl adjacent to an activating group) is 1. The number of anilines is 1. The Bertz CT molecular complexity index is 948. The summed E-state index contributed by atoms with van der Waals surface area (Å²) in [6.45, 7) is -1.31. The van der Waals surface area contributed by atoms with Crippen LogP contribution in [0, 0.1) is 6.92 Å². The highest BCUT2D eigenvalue weighted by Gasteiger charge is 2.50. The van der Waals surface area contributed by atoms with Crippen LogP contribution in [0.4, 0.5) is 14.5 Å². The maximum Gasteiger partial charge on any atom is 0.387 e. The molecule has 1 amide bonds. The summed E-state index contributed by atoms with van der Waals surface area (Å²) in [5.41, 5.74) is 6.74. The fraction of sp³-hybridized carbons (Fsp3) is 0.316. The highest BCUT2D eigenvalue weighted by molar-refractivity contribution is 6.09. The number of ether oxygens (including phenoxy) is 1. The molecule has 2 heterocycles. The van der Waals surface area contributed by atoms with E-state index in [2.05, 4.69) is 14.7 Å². The molecule has 28 heavy (non-hydrogen) atoms. The van der Waals surface area contributed by atoms with Crippen molar-refractivity contribution in [2.45, 2.75) is 19.1 Å². The topological polar surface area (TPSA) is 84.1 Å². The Morgan fingerprint density at radius 1 is 1.21 bits per heavy atom. The van der Waals surface area contributed by atoms with Gasteiger partial charge in [-0.15, -0.1) is 0 Å². The van der Waals surface area contributed by atoms with Gasteiger partial charge in [0, 0.05) is 32.9 Å². The molecule has 0 bridgehead atoms.